The Bertz CT molecular complexity index is 1310. The van der Waals surface area contributed by atoms with Crippen LogP contribution < -0.4 is 20.5 Å². The van der Waals surface area contributed by atoms with Crippen molar-refractivity contribution in [1.82, 2.24) is 19.1 Å². The minimum atomic E-state index is -0.304. The Morgan fingerprint density at radius 2 is 2.03 bits per heavy atom. The number of nitrogens with one attached hydrogen (secondary N) is 1. The third-order valence-electron chi connectivity index (χ3n) is 6.86. The van der Waals surface area contributed by atoms with Gasteiger partial charge in [-0.25, -0.2) is 9.78 Å². The molecule has 152 valence electrons. The number of aryl methyl sites for hydroxylation is 2. The van der Waals surface area contributed by atoms with Crippen molar-refractivity contribution in [2.24, 2.45) is 18.9 Å². The molecule has 3 saturated carbocycles. The lowest BCUT2D eigenvalue weighted by Crippen LogP contribution is -2.45. The lowest BCUT2D eigenvalue weighted by molar-refractivity contribution is 0.148. The van der Waals surface area contributed by atoms with Gasteiger partial charge in [0.1, 0.15) is 5.52 Å². The van der Waals surface area contributed by atoms with E-state index in [9.17, 15) is 10.1 Å². The molecule has 9 nitrogen and oxygen atoms in total. The number of benzene rings is 1. The van der Waals surface area contributed by atoms with Crippen LogP contribution in [0.25, 0.3) is 11.2 Å². The van der Waals surface area contributed by atoms with E-state index in [1.807, 2.05) is 19.1 Å². The number of ether oxygens (including phenoxy) is 2. The standard InChI is InChI=1S/C21H20N6O3/c1-11-3-16-17(30-10-29-16)4-14(11)24-19-23-9-15-18(25-19)27(20(28)26(15)2)21-5-12(6-21)13(7-21)8-22/h3-4,9,12-13H,5-7,10H2,1-2H3,(H,23,24,25)/t12?,13-,21?/m1/s1. The highest BCUT2D eigenvalue weighted by Gasteiger charge is 2.58. The van der Waals surface area contributed by atoms with E-state index in [1.54, 1.807) is 22.4 Å². The molecule has 0 spiro atoms. The monoisotopic (exact) mass is 404 g/mol. The van der Waals surface area contributed by atoms with Crippen LogP contribution in [-0.4, -0.2) is 25.9 Å². The van der Waals surface area contributed by atoms with Crippen molar-refractivity contribution in [3.8, 4) is 17.6 Å². The first-order valence-corrected chi connectivity index (χ1v) is 10.0. The number of rotatable bonds is 3. The molecule has 0 amide bonds. The smallest absolute Gasteiger partial charge is 0.330 e. The van der Waals surface area contributed by atoms with Crippen molar-refractivity contribution in [2.45, 2.75) is 31.7 Å². The molecule has 4 aliphatic rings. The van der Waals surface area contributed by atoms with Gasteiger partial charge in [-0.1, -0.05) is 0 Å². The van der Waals surface area contributed by atoms with E-state index >= 15 is 0 Å². The van der Waals surface area contributed by atoms with E-state index in [1.165, 1.54) is 0 Å². The van der Waals surface area contributed by atoms with Crippen LogP contribution in [0.15, 0.2) is 23.1 Å². The molecule has 0 radical (unpaired) electrons. The summed E-state index contributed by atoms with van der Waals surface area (Å²) in [4.78, 5) is 22.2. The van der Waals surface area contributed by atoms with Crippen molar-refractivity contribution in [1.29, 1.82) is 5.26 Å². The highest BCUT2D eigenvalue weighted by atomic mass is 16.7. The maximum absolute atomic E-state index is 13.1. The third kappa shape index (κ3) is 2.19. The molecular weight excluding hydrogens is 384 g/mol. The summed E-state index contributed by atoms with van der Waals surface area (Å²) in [6.07, 6.45) is 4.10. The largest absolute Gasteiger partial charge is 0.454 e. The van der Waals surface area contributed by atoms with Gasteiger partial charge in [0.25, 0.3) is 0 Å². The second-order valence-electron chi connectivity index (χ2n) is 8.56. The number of imidazole rings is 1. The van der Waals surface area contributed by atoms with Gasteiger partial charge in [0.15, 0.2) is 17.1 Å². The second kappa shape index (κ2) is 5.75. The normalized spacial score (nSPS) is 25.9. The van der Waals surface area contributed by atoms with Crippen molar-refractivity contribution in [3.63, 3.8) is 0 Å². The summed E-state index contributed by atoms with van der Waals surface area (Å²) in [6.45, 7) is 2.18. The van der Waals surface area contributed by atoms with Crippen LogP contribution in [-0.2, 0) is 12.6 Å². The van der Waals surface area contributed by atoms with Crippen LogP contribution in [0, 0.1) is 30.1 Å². The maximum Gasteiger partial charge on any atom is 0.330 e. The van der Waals surface area contributed by atoms with Gasteiger partial charge >= 0.3 is 5.69 Å². The fourth-order valence-electron chi connectivity index (χ4n) is 5.27. The number of hydrogen-bond acceptors (Lipinski definition) is 7. The van der Waals surface area contributed by atoms with Crippen molar-refractivity contribution in [3.05, 3.63) is 34.4 Å². The minimum Gasteiger partial charge on any atom is -0.454 e. The van der Waals surface area contributed by atoms with Gasteiger partial charge in [0, 0.05) is 18.8 Å². The lowest BCUT2D eigenvalue weighted by atomic mass is 9.76. The molecule has 1 aliphatic heterocycles. The van der Waals surface area contributed by atoms with Crippen LogP contribution in [0.3, 0.4) is 0 Å². The van der Waals surface area contributed by atoms with E-state index < -0.39 is 0 Å². The summed E-state index contributed by atoms with van der Waals surface area (Å²) in [7, 11) is 1.74. The zero-order valence-electron chi connectivity index (χ0n) is 16.7. The molecule has 9 heteroatoms. The number of aromatic nitrogens is 4. The number of nitrogens with zero attached hydrogens (tertiary/aromatic N) is 5. The molecule has 2 bridgehead atoms. The Kier molecular flexibility index (Phi) is 3.32. The van der Waals surface area contributed by atoms with Crippen LogP contribution >= 0.6 is 0 Å². The maximum atomic E-state index is 13.1. The topological polar surface area (TPSA) is 107 Å². The van der Waals surface area contributed by atoms with Gasteiger partial charge in [-0.3, -0.25) is 9.13 Å². The van der Waals surface area contributed by atoms with Crippen LogP contribution in [0.1, 0.15) is 24.8 Å². The first kappa shape index (κ1) is 17.3. The van der Waals surface area contributed by atoms with E-state index in [-0.39, 0.29) is 23.9 Å². The molecule has 1 N–H and O–H groups in total. The third-order valence-corrected chi connectivity index (χ3v) is 6.86. The van der Waals surface area contributed by atoms with E-state index in [0.29, 0.717) is 35.2 Å². The minimum absolute atomic E-state index is 0.0165. The van der Waals surface area contributed by atoms with Crippen LogP contribution in [0.4, 0.5) is 11.6 Å². The number of fused-ring (bicyclic) bond motifs is 3. The van der Waals surface area contributed by atoms with E-state index in [2.05, 4.69) is 16.4 Å². The molecule has 0 unspecified atom stereocenters. The van der Waals surface area contributed by atoms with Gasteiger partial charge in [0.2, 0.25) is 12.7 Å². The van der Waals surface area contributed by atoms with Gasteiger partial charge < -0.3 is 14.8 Å². The lowest BCUT2D eigenvalue weighted by Gasteiger charge is -2.39. The summed E-state index contributed by atoms with van der Waals surface area (Å²) >= 11 is 0. The van der Waals surface area contributed by atoms with Crippen molar-refractivity contribution >= 4 is 22.8 Å². The predicted molar refractivity (Wildman–Crippen MR) is 108 cm³/mol. The summed E-state index contributed by atoms with van der Waals surface area (Å²) in [5, 5.41) is 12.7. The van der Waals surface area contributed by atoms with Crippen LogP contribution in [0.2, 0.25) is 0 Å². The molecule has 3 aromatic rings. The molecule has 30 heavy (non-hydrogen) atoms. The average molecular weight is 404 g/mol. The average Bonchev–Trinajstić information content (AvgIpc) is 3.44. The first-order chi connectivity index (χ1) is 14.5. The van der Waals surface area contributed by atoms with Gasteiger partial charge in [0.05, 0.1) is 23.7 Å². The Labute approximate surface area is 171 Å². The second-order valence-corrected chi connectivity index (χ2v) is 8.56. The Morgan fingerprint density at radius 3 is 2.77 bits per heavy atom. The molecule has 1 atom stereocenters. The van der Waals surface area contributed by atoms with Gasteiger partial charge in [-0.15, -0.1) is 0 Å². The van der Waals surface area contributed by atoms with E-state index in [4.69, 9.17) is 14.5 Å². The Morgan fingerprint density at radius 1 is 1.27 bits per heavy atom. The SMILES string of the molecule is Cc1cc2c(cc1Nc1ncc3c(n1)n(C14CC(C1)[C@@H](C#N)C4)c(=O)n3C)OCO2. The van der Waals surface area contributed by atoms with Crippen molar-refractivity contribution < 1.29 is 9.47 Å². The molecule has 3 heterocycles. The van der Waals surface area contributed by atoms with Crippen molar-refractivity contribution in [2.75, 3.05) is 12.1 Å². The first-order valence-electron chi connectivity index (χ1n) is 10.0. The fourth-order valence-corrected chi connectivity index (χ4v) is 5.27. The summed E-state index contributed by atoms with van der Waals surface area (Å²) < 4.78 is 14.3. The van der Waals surface area contributed by atoms with Gasteiger partial charge in [-0.2, -0.15) is 10.2 Å². The molecular formula is C21H20N6O3. The highest BCUT2D eigenvalue weighted by molar-refractivity contribution is 5.74. The van der Waals surface area contributed by atoms with Gasteiger partial charge in [-0.05, 0) is 43.7 Å². The molecule has 2 aromatic heterocycles. The predicted octanol–water partition coefficient (Wildman–Crippen LogP) is 2.56. The quantitative estimate of drug-likeness (QED) is 0.715. The summed E-state index contributed by atoms with van der Waals surface area (Å²) in [6, 6.07) is 6.19. The Balaban J connectivity index is 1.43. The summed E-state index contributed by atoms with van der Waals surface area (Å²) in [5.74, 6) is 2.20. The molecule has 3 aliphatic carbocycles. The highest BCUT2D eigenvalue weighted by Crippen LogP contribution is 2.59. The molecule has 0 saturated heterocycles. The number of nitriles is 1. The number of anilines is 2. The summed E-state index contributed by atoms with van der Waals surface area (Å²) in [5.41, 5.74) is 2.67. The van der Waals surface area contributed by atoms with Crippen LogP contribution in [0.5, 0.6) is 11.5 Å². The fraction of sp³-hybridized carbons (Fsp3) is 0.429. The molecule has 7 rings (SSSR count). The molecule has 1 aromatic carbocycles. The zero-order valence-corrected chi connectivity index (χ0v) is 16.7. The zero-order chi connectivity index (χ0) is 20.6. The van der Waals surface area contributed by atoms with E-state index in [0.717, 1.165) is 29.8 Å². The molecule has 3 fully saturated rings. The Hall–Kier alpha value is -3.54. The number of hydrogen-bond donors (Lipinski definition) is 1.